The number of hydrogen-bond acceptors (Lipinski definition) is 4. The van der Waals surface area contributed by atoms with Crippen molar-refractivity contribution in [1.29, 1.82) is 0 Å². The van der Waals surface area contributed by atoms with Crippen molar-refractivity contribution in [3.63, 3.8) is 0 Å². The highest BCUT2D eigenvalue weighted by atomic mass is 16.4. The number of allylic oxidation sites excluding steroid dienone is 4. The molecule has 1 aromatic carbocycles. The highest BCUT2D eigenvalue weighted by Gasteiger charge is 2.24. The maximum atomic E-state index is 11.3. The highest BCUT2D eigenvalue weighted by Crippen LogP contribution is 2.36. The zero-order valence-corrected chi connectivity index (χ0v) is 18.0. The second kappa shape index (κ2) is 11.0. The number of aromatic hydroxyl groups is 1. The van der Waals surface area contributed by atoms with Gasteiger partial charge in [0, 0.05) is 23.6 Å². The molecule has 156 valence electrons. The maximum absolute atomic E-state index is 11.3. The van der Waals surface area contributed by atoms with Gasteiger partial charge >= 0.3 is 5.97 Å². The first-order valence-corrected chi connectivity index (χ1v) is 9.99. The van der Waals surface area contributed by atoms with Crippen molar-refractivity contribution in [3.05, 3.63) is 53.1 Å². The lowest BCUT2D eigenvalue weighted by Crippen LogP contribution is -2.38. The molecule has 4 N–H and O–H groups in total. The van der Waals surface area contributed by atoms with Crippen LogP contribution >= 0.6 is 0 Å². The molecule has 0 saturated carbocycles. The van der Waals surface area contributed by atoms with Gasteiger partial charge in [0.05, 0.1) is 0 Å². The molecule has 0 aromatic heterocycles. The molecule has 5 heteroatoms. The predicted molar refractivity (Wildman–Crippen MR) is 116 cm³/mol. The van der Waals surface area contributed by atoms with Crippen molar-refractivity contribution < 1.29 is 15.0 Å². The van der Waals surface area contributed by atoms with Crippen LogP contribution in [0.25, 0.3) is 0 Å². The third-order valence-corrected chi connectivity index (χ3v) is 5.15. The first-order valence-electron chi connectivity index (χ1n) is 9.99. The van der Waals surface area contributed by atoms with Crippen LogP contribution in [0.2, 0.25) is 0 Å². The van der Waals surface area contributed by atoms with Gasteiger partial charge in [-0.1, -0.05) is 24.3 Å². The van der Waals surface area contributed by atoms with Crippen LogP contribution < -0.4 is 5.73 Å². The van der Waals surface area contributed by atoms with Gasteiger partial charge in [-0.25, -0.2) is 0 Å². The molecule has 0 fully saturated rings. The molecule has 0 amide bonds. The van der Waals surface area contributed by atoms with Gasteiger partial charge in [-0.3, -0.25) is 9.69 Å². The monoisotopic (exact) mass is 388 g/mol. The van der Waals surface area contributed by atoms with E-state index >= 15 is 0 Å². The minimum absolute atomic E-state index is 0.0536. The topological polar surface area (TPSA) is 86.8 Å². The quantitative estimate of drug-likeness (QED) is 0.510. The predicted octanol–water partition coefficient (Wildman–Crippen LogP) is 4.59. The van der Waals surface area contributed by atoms with Gasteiger partial charge in [-0.15, -0.1) is 0 Å². The van der Waals surface area contributed by atoms with E-state index in [0.717, 1.165) is 18.5 Å². The van der Waals surface area contributed by atoms with Gasteiger partial charge in [0.15, 0.2) is 0 Å². The normalized spacial score (nSPS) is 15.0. The van der Waals surface area contributed by atoms with Crippen LogP contribution in [0.15, 0.2) is 42.0 Å². The molecule has 5 nitrogen and oxygen atoms in total. The fourth-order valence-corrected chi connectivity index (χ4v) is 3.69. The first kappa shape index (κ1) is 23.9. The van der Waals surface area contributed by atoms with Crippen molar-refractivity contribution in [2.45, 2.75) is 72.0 Å². The van der Waals surface area contributed by atoms with E-state index in [1.807, 2.05) is 32.1 Å². The van der Waals surface area contributed by atoms with E-state index in [4.69, 9.17) is 5.73 Å². The first-order chi connectivity index (χ1) is 13.1. The van der Waals surface area contributed by atoms with E-state index in [2.05, 4.69) is 32.6 Å². The Morgan fingerprint density at radius 2 is 1.79 bits per heavy atom. The molecule has 0 aliphatic rings. The van der Waals surface area contributed by atoms with E-state index < -0.39 is 12.0 Å². The number of benzene rings is 1. The third-order valence-electron chi connectivity index (χ3n) is 5.15. The summed E-state index contributed by atoms with van der Waals surface area (Å²) in [6.45, 7) is 13.5. The van der Waals surface area contributed by atoms with Crippen molar-refractivity contribution in [1.82, 2.24) is 4.90 Å². The fraction of sp³-hybridized carbons (Fsp3) is 0.522. The number of nitrogens with two attached hydrogens (primary N) is 1. The summed E-state index contributed by atoms with van der Waals surface area (Å²) in [5.74, 6) is -0.975. The molecule has 2 atom stereocenters. The van der Waals surface area contributed by atoms with Gasteiger partial charge in [0.2, 0.25) is 0 Å². The molecular formula is C23H36N2O3. The Morgan fingerprint density at radius 1 is 1.18 bits per heavy atom. The number of rotatable bonds is 10. The van der Waals surface area contributed by atoms with Crippen molar-refractivity contribution >= 4 is 5.97 Å². The molecule has 0 saturated heterocycles. The molecule has 1 rings (SSSR count). The Balaban J connectivity index is 3.36. The zero-order chi connectivity index (χ0) is 21.4. The summed E-state index contributed by atoms with van der Waals surface area (Å²) in [5, 5.41) is 19.8. The number of aliphatic carboxylic acids is 1. The second-order valence-corrected chi connectivity index (χ2v) is 7.69. The Labute approximate surface area is 169 Å². The number of carboxylic acid groups (broad SMARTS) is 1. The van der Waals surface area contributed by atoms with Crippen LogP contribution in [0.4, 0.5) is 0 Å². The van der Waals surface area contributed by atoms with Crippen LogP contribution in [-0.4, -0.2) is 39.7 Å². The SMILES string of the molecule is C/C=C\C(=C/C)C(CCN(C(C)C)C(C)C)c1cc(C(N)C(=O)O)ccc1O. The van der Waals surface area contributed by atoms with Crippen LogP contribution in [0.5, 0.6) is 5.75 Å². The Bertz CT molecular complexity index is 700. The number of nitrogens with zero attached hydrogens (tertiary/aromatic N) is 1. The summed E-state index contributed by atoms with van der Waals surface area (Å²) in [4.78, 5) is 13.7. The summed E-state index contributed by atoms with van der Waals surface area (Å²) < 4.78 is 0. The summed E-state index contributed by atoms with van der Waals surface area (Å²) in [6.07, 6.45) is 6.88. The van der Waals surface area contributed by atoms with E-state index in [1.165, 1.54) is 0 Å². The van der Waals surface area contributed by atoms with E-state index in [-0.39, 0.29) is 11.7 Å². The minimum Gasteiger partial charge on any atom is -0.508 e. The molecule has 1 aromatic rings. The van der Waals surface area contributed by atoms with Crippen LogP contribution in [-0.2, 0) is 4.79 Å². The largest absolute Gasteiger partial charge is 0.508 e. The van der Waals surface area contributed by atoms with E-state index in [0.29, 0.717) is 23.2 Å². The molecule has 0 spiro atoms. The lowest BCUT2D eigenvalue weighted by molar-refractivity contribution is -0.138. The molecule has 2 unspecified atom stereocenters. The van der Waals surface area contributed by atoms with Gasteiger partial charge in [0.25, 0.3) is 0 Å². The lowest BCUT2D eigenvalue weighted by atomic mass is 9.85. The average Bonchev–Trinajstić information content (AvgIpc) is 2.63. The third kappa shape index (κ3) is 6.21. The molecule has 0 aliphatic carbocycles. The molecule has 0 bridgehead atoms. The molecule has 0 radical (unpaired) electrons. The number of carbonyl (C=O) groups is 1. The standard InChI is InChI=1S/C23H36N2O3/c1-7-9-17(8-2)19(12-13-25(15(3)4)16(5)6)20-14-18(10-11-21(20)26)22(24)23(27)28/h7-11,14-16,19,22,26H,12-13,24H2,1-6H3,(H,27,28)/b9-7-,17-8+. The van der Waals surface area contributed by atoms with Crippen LogP contribution in [0.1, 0.15) is 71.0 Å². The average molecular weight is 389 g/mol. The Hall–Kier alpha value is -2.11. The summed E-state index contributed by atoms with van der Waals surface area (Å²) in [7, 11) is 0. The molecular weight excluding hydrogens is 352 g/mol. The van der Waals surface area contributed by atoms with Crippen molar-refractivity contribution in [2.75, 3.05) is 6.54 Å². The lowest BCUT2D eigenvalue weighted by Gasteiger charge is -2.32. The van der Waals surface area contributed by atoms with Crippen LogP contribution in [0, 0.1) is 0 Å². The number of carboxylic acids is 1. The fourth-order valence-electron chi connectivity index (χ4n) is 3.69. The smallest absolute Gasteiger partial charge is 0.325 e. The van der Waals surface area contributed by atoms with Crippen LogP contribution in [0.3, 0.4) is 0 Å². The van der Waals surface area contributed by atoms with E-state index in [1.54, 1.807) is 18.2 Å². The maximum Gasteiger partial charge on any atom is 0.325 e. The number of phenols is 1. The minimum atomic E-state index is -1.11. The Morgan fingerprint density at radius 3 is 2.25 bits per heavy atom. The number of hydrogen-bond donors (Lipinski definition) is 3. The van der Waals surface area contributed by atoms with Gasteiger partial charge in [-0.2, -0.15) is 0 Å². The zero-order valence-electron chi connectivity index (χ0n) is 18.0. The van der Waals surface area contributed by atoms with Gasteiger partial charge in [0.1, 0.15) is 11.8 Å². The second-order valence-electron chi connectivity index (χ2n) is 7.69. The number of phenolic OH excluding ortho intramolecular Hbond substituents is 1. The molecule has 0 aliphatic heterocycles. The summed E-state index contributed by atoms with van der Waals surface area (Å²) >= 11 is 0. The Kier molecular flexibility index (Phi) is 9.42. The van der Waals surface area contributed by atoms with Crippen molar-refractivity contribution in [3.8, 4) is 5.75 Å². The summed E-state index contributed by atoms with van der Waals surface area (Å²) in [5.41, 5.74) is 8.10. The van der Waals surface area contributed by atoms with Gasteiger partial charge in [-0.05, 0) is 77.8 Å². The summed E-state index contributed by atoms with van der Waals surface area (Å²) in [6, 6.07) is 4.58. The van der Waals surface area contributed by atoms with E-state index in [9.17, 15) is 15.0 Å². The molecule has 0 heterocycles. The van der Waals surface area contributed by atoms with Gasteiger partial charge < -0.3 is 15.9 Å². The highest BCUT2D eigenvalue weighted by molar-refractivity contribution is 5.75. The van der Waals surface area contributed by atoms with Crippen molar-refractivity contribution in [2.24, 2.45) is 5.73 Å². The molecule has 28 heavy (non-hydrogen) atoms.